The molecule has 0 radical (unpaired) electrons. The van der Waals surface area contributed by atoms with Crippen LogP contribution in [0.1, 0.15) is 0 Å². The minimum atomic E-state index is -3.48. The van der Waals surface area contributed by atoms with Crippen molar-refractivity contribution in [2.24, 2.45) is 0 Å². The zero-order chi connectivity index (χ0) is 18.4. The van der Waals surface area contributed by atoms with Gasteiger partial charge in [0.05, 0.1) is 18.6 Å². The van der Waals surface area contributed by atoms with Crippen LogP contribution in [0.25, 0.3) is 0 Å². The van der Waals surface area contributed by atoms with Gasteiger partial charge in [-0.25, -0.2) is 12.7 Å². The molecule has 8 heteroatoms. The van der Waals surface area contributed by atoms with Gasteiger partial charge >= 0.3 is 0 Å². The number of sulfonamides is 1. The second kappa shape index (κ2) is 8.00. The Balaban J connectivity index is 1.94. The molecule has 134 valence electrons. The summed E-state index contributed by atoms with van der Waals surface area (Å²) < 4.78 is 30.2. The molecule has 0 atom stereocenters. The smallest absolute Gasteiger partial charge is 0.243 e. The monoisotopic (exact) mass is 363 g/mol. The van der Waals surface area contributed by atoms with E-state index in [9.17, 15) is 13.2 Å². The number of anilines is 2. The van der Waals surface area contributed by atoms with E-state index in [0.29, 0.717) is 11.4 Å². The number of ether oxygens (including phenoxy) is 1. The second-order valence-corrected chi connectivity index (χ2v) is 7.60. The number of rotatable bonds is 7. The van der Waals surface area contributed by atoms with E-state index in [2.05, 4.69) is 10.6 Å². The molecule has 2 N–H and O–H groups in total. The number of benzene rings is 2. The summed E-state index contributed by atoms with van der Waals surface area (Å²) in [6.07, 6.45) is 0. The summed E-state index contributed by atoms with van der Waals surface area (Å²) in [5.74, 6) is 0.453. The quantitative estimate of drug-likeness (QED) is 0.786. The lowest BCUT2D eigenvalue weighted by Gasteiger charge is -2.12. The molecule has 0 fully saturated rings. The SMILES string of the molecule is COc1cccc(NCC(=O)Nc2ccc(S(=O)(=O)N(C)C)cc2)c1. The number of hydrogen-bond acceptors (Lipinski definition) is 5. The Bertz CT molecular complexity index is 833. The summed E-state index contributed by atoms with van der Waals surface area (Å²) in [6, 6.07) is 13.3. The van der Waals surface area contributed by atoms with Gasteiger partial charge in [-0.1, -0.05) is 6.07 Å². The first-order valence-electron chi connectivity index (χ1n) is 7.53. The highest BCUT2D eigenvalue weighted by Crippen LogP contribution is 2.18. The van der Waals surface area contributed by atoms with E-state index < -0.39 is 10.0 Å². The highest BCUT2D eigenvalue weighted by molar-refractivity contribution is 7.89. The molecular formula is C17H21N3O4S. The summed E-state index contributed by atoms with van der Waals surface area (Å²) >= 11 is 0. The van der Waals surface area contributed by atoms with Crippen LogP contribution in [-0.2, 0) is 14.8 Å². The van der Waals surface area contributed by atoms with Gasteiger partial charge in [0.25, 0.3) is 0 Å². The normalized spacial score (nSPS) is 11.2. The van der Waals surface area contributed by atoms with Crippen LogP contribution in [0.2, 0.25) is 0 Å². The van der Waals surface area contributed by atoms with Gasteiger partial charge in [-0.2, -0.15) is 0 Å². The summed E-state index contributed by atoms with van der Waals surface area (Å²) in [6.45, 7) is 0.0743. The molecule has 0 spiro atoms. The van der Waals surface area contributed by atoms with Crippen molar-refractivity contribution < 1.29 is 17.9 Å². The molecule has 0 saturated carbocycles. The highest BCUT2D eigenvalue weighted by atomic mass is 32.2. The Labute approximate surface area is 147 Å². The maximum Gasteiger partial charge on any atom is 0.243 e. The average molecular weight is 363 g/mol. The third-order valence-electron chi connectivity index (χ3n) is 3.44. The third kappa shape index (κ3) is 4.94. The van der Waals surface area contributed by atoms with Gasteiger partial charge in [0.2, 0.25) is 15.9 Å². The molecule has 0 bridgehead atoms. The molecule has 0 aliphatic heterocycles. The standard InChI is InChI=1S/C17H21N3O4S/c1-20(2)25(22,23)16-9-7-13(8-10-16)19-17(21)12-18-14-5-4-6-15(11-14)24-3/h4-11,18H,12H2,1-3H3,(H,19,21). The zero-order valence-corrected chi connectivity index (χ0v) is 15.1. The third-order valence-corrected chi connectivity index (χ3v) is 5.27. The predicted molar refractivity (Wildman–Crippen MR) is 97.4 cm³/mol. The summed E-state index contributed by atoms with van der Waals surface area (Å²) in [4.78, 5) is 12.2. The Morgan fingerprint density at radius 1 is 1.08 bits per heavy atom. The van der Waals surface area contributed by atoms with Gasteiger partial charge in [0.15, 0.2) is 0 Å². The fraction of sp³-hybridized carbons (Fsp3) is 0.235. The first-order valence-corrected chi connectivity index (χ1v) is 8.97. The van der Waals surface area contributed by atoms with Gasteiger partial charge in [0.1, 0.15) is 5.75 Å². The first kappa shape index (κ1) is 18.8. The summed E-state index contributed by atoms with van der Waals surface area (Å²) in [7, 11) is 1.03. The Hall–Kier alpha value is -2.58. The average Bonchev–Trinajstić information content (AvgIpc) is 2.60. The van der Waals surface area contributed by atoms with E-state index in [-0.39, 0.29) is 17.3 Å². The van der Waals surface area contributed by atoms with Gasteiger partial charge < -0.3 is 15.4 Å². The highest BCUT2D eigenvalue weighted by Gasteiger charge is 2.16. The summed E-state index contributed by atoms with van der Waals surface area (Å²) in [5.41, 5.74) is 1.29. The van der Waals surface area contributed by atoms with Crippen molar-refractivity contribution in [2.45, 2.75) is 4.90 Å². The molecule has 0 unspecified atom stereocenters. The molecule has 0 saturated heterocycles. The van der Waals surface area contributed by atoms with Crippen LogP contribution in [0.5, 0.6) is 5.75 Å². The van der Waals surface area contributed by atoms with E-state index in [1.54, 1.807) is 25.3 Å². The molecular weight excluding hydrogens is 342 g/mol. The number of carbonyl (C=O) groups is 1. The molecule has 0 aliphatic rings. The number of methoxy groups -OCH3 is 1. The lowest BCUT2D eigenvalue weighted by Crippen LogP contribution is -2.23. The van der Waals surface area contributed by atoms with Crippen LogP contribution < -0.4 is 15.4 Å². The van der Waals surface area contributed by atoms with Crippen LogP contribution in [0.15, 0.2) is 53.4 Å². The molecule has 0 heterocycles. The molecule has 2 rings (SSSR count). The fourth-order valence-electron chi connectivity index (χ4n) is 2.04. The van der Waals surface area contributed by atoms with E-state index in [1.807, 2.05) is 18.2 Å². The van der Waals surface area contributed by atoms with Gasteiger partial charge in [-0.05, 0) is 36.4 Å². The maximum atomic E-state index is 12.0. The maximum absolute atomic E-state index is 12.0. The topological polar surface area (TPSA) is 87.7 Å². The lowest BCUT2D eigenvalue weighted by atomic mass is 10.3. The Morgan fingerprint density at radius 2 is 1.76 bits per heavy atom. The van der Waals surface area contributed by atoms with Crippen LogP contribution >= 0.6 is 0 Å². The van der Waals surface area contributed by atoms with Crippen molar-refractivity contribution in [3.8, 4) is 5.75 Å². The van der Waals surface area contributed by atoms with E-state index in [4.69, 9.17) is 4.74 Å². The Kier molecular flexibility index (Phi) is 6.00. The second-order valence-electron chi connectivity index (χ2n) is 5.45. The van der Waals surface area contributed by atoms with Gasteiger partial charge in [-0.3, -0.25) is 4.79 Å². The number of hydrogen-bond donors (Lipinski definition) is 2. The van der Waals surface area contributed by atoms with E-state index in [0.717, 1.165) is 9.99 Å². The van der Waals surface area contributed by atoms with Gasteiger partial charge in [0, 0.05) is 31.5 Å². The van der Waals surface area contributed by atoms with Crippen LogP contribution in [-0.4, -0.2) is 46.4 Å². The van der Waals surface area contributed by atoms with Crippen LogP contribution in [0, 0.1) is 0 Å². The van der Waals surface area contributed by atoms with Crippen molar-refractivity contribution in [2.75, 3.05) is 38.4 Å². The van der Waals surface area contributed by atoms with E-state index >= 15 is 0 Å². The van der Waals surface area contributed by atoms with Crippen LogP contribution in [0.3, 0.4) is 0 Å². The summed E-state index contributed by atoms with van der Waals surface area (Å²) in [5, 5.41) is 5.70. The molecule has 0 aliphatic carbocycles. The number of amides is 1. The minimum Gasteiger partial charge on any atom is -0.497 e. The predicted octanol–water partition coefficient (Wildman–Crippen LogP) is 2.00. The molecule has 2 aromatic carbocycles. The lowest BCUT2D eigenvalue weighted by molar-refractivity contribution is -0.114. The van der Waals surface area contributed by atoms with Crippen molar-refractivity contribution >= 4 is 27.3 Å². The van der Waals surface area contributed by atoms with Crippen molar-refractivity contribution in [1.82, 2.24) is 4.31 Å². The molecule has 2 aromatic rings. The van der Waals surface area contributed by atoms with Crippen molar-refractivity contribution in [1.29, 1.82) is 0 Å². The first-order chi connectivity index (χ1) is 11.8. The number of nitrogens with one attached hydrogen (secondary N) is 2. The number of carbonyl (C=O) groups excluding carboxylic acids is 1. The van der Waals surface area contributed by atoms with Crippen molar-refractivity contribution in [3.05, 3.63) is 48.5 Å². The minimum absolute atomic E-state index is 0.0743. The molecule has 7 nitrogen and oxygen atoms in total. The van der Waals surface area contributed by atoms with E-state index in [1.165, 1.54) is 26.2 Å². The molecule has 25 heavy (non-hydrogen) atoms. The fourth-order valence-corrected chi connectivity index (χ4v) is 2.94. The van der Waals surface area contributed by atoms with Gasteiger partial charge in [-0.15, -0.1) is 0 Å². The molecule has 0 aromatic heterocycles. The largest absolute Gasteiger partial charge is 0.497 e. The molecule has 1 amide bonds. The van der Waals surface area contributed by atoms with Crippen molar-refractivity contribution in [3.63, 3.8) is 0 Å². The zero-order valence-electron chi connectivity index (χ0n) is 14.3. The Morgan fingerprint density at radius 3 is 2.36 bits per heavy atom. The van der Waals surface area contributed by atoms with Crippen LogP contribution in [0.4, 0.5) is 11.4 Å². The number of nitrogens with zero attached hydrogens (tertiary/aromatic N) is 1.